The molecule has 0 aliphatic heterocycles. The molecule has 3 N–H and O–H groups in total. The summed E-state index contributed by atoms with van der Waals surface area (Å²) in [6.45, 7) is 7.68. The van der Waals surface area contributed by atoms with Crippen LogP contribution in [0.25, 0.3) is 44.5 Å². The number of aromatic amines is 2. The van der Waals surface area contributed by atoms with E-state index in [-0.39, 0.29) is 0 Å². The Kier molecular flexibility index (Phi) is 6.89. The van der Waals surface area contributed by atoms with Crippen molar-refractivity contribution in [2.45, 2.75) is 19.9 Å². The fourth-order valence-electron chi connectivity index (χ4n) is 5.13. The van der Waals surface area contributed by atoms with Gasteiger partial charge < -0.3 is 10.3 Å². The molecule has 5 heteroatoms. The molecule has 0 radical (unpaired) electrons. The van der Waals surface area contributed by atoms with Crippen LogP contribution in [-0.2, 0) is 6.54 Å². The van der Waals surface area contributed by atoms with Crippen LogP contribution in [0.15, 0.2) is 115 Å². The van der Waals surface area contributed by atoms with E-state index in [1.807, 2.05) is 18.3 Å². The summed E-state index contributed by atoms with van der Waals surface area (Å²) >= 11 is 0. The molecule has 0 amide bonds. The Hall–Kier alpha value is -4.74. The lowest BCUT2D eigenvalue weighted by Gasteiger charge is -2.09. The average Bonchev–Trinajstić information content (AvgIpc) is 3.74. The highest BCUT2D eigenvalue weighted by Gasteiger charge is 2.15. The minimum absolute atomic E-state index is 0.741. The molecule has 0 spiro atoms. The first kappa shape index (κ1) is 24.6. The number of hydrogen-bond donors (Lipinski definition) is 3. The van der Waals surface area contributed by atoms with Crippen LogP contribution < -0.4 is 5.32 Å². The second-order valence-electron chi connectivity index (χ2n) is 9.69. The Bertz CT molecular complexity index is 1780. The molecule has 6 rings (SSSR count). The van der Waals surface area contributed by atoms with Gasteiger partial charge in [-0.05, 0) is 71.0 Å². The predicted octanol–water partition coefficient (Wildman–Crippen LogP) is 7.76. The van der Waals surface area contributed by atoms with Crippen LogP contribution in [0.2, 0.25) is 0 Å². The van der Waals surface area contributed by atoms with Crippen molar-refractivity contribution in [1.29, 1.82) is 0 Å². The molecule has 2 aromatic carbocycles. The Morgan fingerprint density at radius 1 is 1.08 bits per heavy atom. The molecule has 0 atom stereocenters. The molecule has 0 saturated carbocycles. The van der Waals surface area contributed by atoms with Crippen LogP contribution in [-0.4, -0.2) is 26.7 Å². The van der Waals surface area contributed by atoms with E-state index >= 15 is 0 Å². The number of rotatable bonds is 9. The molecule has 0 unspecified atom stereocenters. The minimum atomic E-state index is 0.741. The fraction of sp³-hybridized carbons (Fsp3) is 0.118. The van der Waals surface area contributed by atoms with Crippen LogP contribution in [0.4, 0.5) is 0 Å². The van der Waals surface area contributed by atoms with Crippen molar-refractivity contribution in [1.82, 2.24) is 25.5 Å². The van der Waals surface area contributed by atoms with Crippen molar-refractivity contribution >= 4 is 33.1 Å². The zero-order valence-corrected chi connectivity index (χ0v) is 22.0. The number of pyridine rings is 1. The fourth-order valence-corrected chi connectivity index (χ4v) is 5.13. The topological polar surface area (TPSA) is 69.4 Å². The van der Waals surface area contributed by atoms with E-state index in [2.05, 4.69) is 124 Å². The van der Waals surface area contributed by atoms with E-state index < -0.39 is 0 Å². The van der Waals surface area contributed by atoms with E-state index in [1.165, 1.54) is 16.7 Å². The molecule has 1 aliphatic rings. The predicted molar refractivity (Wildman–Crippen MR) is 163 cm³/mol. The monoisotopic (exact) mass is 509 g/mol. The van der Waals surface area contributed by atoms with Gasteiger partial charge >= 0.3 is 0 Å². The summed E-state index contributed by atoms with van der Waals surface area (Å²) in [5.74, 6) is 0. The quantitative estimate of drug-likeness (QED) is 0.178. The number of fused-ring (bicyclic) bond motifs is 2. The summed E-state index contributed by atoms with van der Waals surface area (Å²) in [6.07, 6.45) is 15.7. The van der Waals surface area contributed by atoms with E-state index in [4.69, 9.17) is 0 Å². The van der Waals surface area contributed by atoms with Gasteiger partial charge in [-0.15, -0.1) is 0 Å². The molecule has 3 aromatic heterocycles. The second-order valence-corrected chi connectivity index (χ2v) is 9.69. The number of aromatic nitrogens is 4. The van der Waals surface area contributed by atoms with E-state index in [0.717, 1.165) is 69.5 Å². The number of H-pyrrole nitrogens is 2. The summed E-state index contributed by atoms with van der Waals surface area (Å²) in [4.78, 5) is 8.09. The maximum absolute atomic E-state index is 4.69. The summed E-state index contributed by atoms with van der Waals surface area (Å²) in [7, 11) is 0. The molecular formula is C34H31N5. The van der Waals surface area contributed by atoms with Crippen LogP contribution in [0.3, 0.4) is 0 Å². The first-order valence-corrected chi connectivity index (χ1v) is 13.3. The van der Waals surface area contributed by atoms with Crippen molar-refractivity contribution in [3.8, 4) is 11.4 Å². The normalized spacial score (nSPS) is 13.9. The Balaban J connectivity index is 1.30. The van der Waals surface area contributed by atoms with Crippen LogP contribution in [0.1, 0.15) is 30.0 Å². The molecule has 5 aromatic rings. The summed E-state index contributed by atoms with van der Waals surface area (Å²) in [5, 5.41) is 13.6. The number of allylic oxidation sites excluding steroid dienone is 7. The molecule has 0 fully saturated rings. The molecular weight excluding hydrogens is 478 g/mol. The van der Waals surface area contributed by atoms with E-state index in [1.54, 1.807) is 0 Å². The van der Waals surface area contributed by atoms with Crippen molar-refractivity contribution in [3.63, 3.8) is 0 Å². The van der Waals surface area contributed by atoms with Gasteiger partial charge in [0, 0.05) is 30.1 Å². The van der Waals surface area contributed by atoms with Gasteiger partial charge in [0.15, 0.2) is 0 Å². The Labute approximate surface area is 228 Å². The molecule has 3 heterocycles. The van der Waals surface area contributed by atoms with E-state index in [0.29, 0.717) is 0 Å². The first-order chi connectivity index (χ1) is 19.2. The lowest BCUT2D eigenvalue weighted by molar-refractivity contribution is 0.747. The van der Waals surface area contributed by atoms with Gasteiger partial charge in [-0.3, -0.25) is 5.10 Å². The van der Waals surface area contributed by atoms with Gasteiger partial charge in [0.25, 0.3) is 0 Å². The van der Waals surface area contributed by atoms with Gasteiger partial charge in [-0.1, -0.05) is 79.4 Å². The standard InChI is InChI=1S/C34H31N5/c1-3-23(21-35-22-24-10-6-5-7-11-24)18-25(4-2)27-14-15-31-30(19-27)33(39-38-31)32-20-29-28(26-12-8-9-13-26)16-17-36-34(29)37-32/h3-8,10-20,35H,1,9,21-22H2,2H3,(H,36,37)(H,38,39)/b23-18+,25-4+. The first-order valence-electron chi connectivity index (χ1n) is 13.3. The number of nitrogens with one attached hydrogen (secondary N) is 3. The minimum Gasteiger partial charge on any atom is -0.338 e. The van der Waals surface area contributed by atoms with Crippen molar-refractivity contribution in [2.75, 3.05) is 6.54 Å². The Morgan fingerprint density at radius 3 is 2.77 bits per heavy atom. The van der Waals surface area contributed by atoms with Crippen molar-refractivity contribution in [2.24, 2.45) is 0 Å². The molecule has 5 nitrogen and oxygen atoms in total. The van der Waals surface area contributed by atoms with Crippen LogP contribution >= 0.6 is 0 Å². The third kappa shape index (κ3) is 5.05. The zero-order valence-electron chi connectivity index (χ0n) is 22.0. The van der Waals surface area contributed by atoms with Gasteiger partial charge in [0.05, 0.1) is 11.2 Å². The third-order valence-electron chi connectivity index (χ3n) is 7.18. The summed E-state index contributed by atoms with van der Waals surface area (Å²) in [6, 6.07) is 21.1. The maximum Gasteiger partial charge on any atom is 0.138 e. The van der Waals surface area contributed by atoms with Gasteiger partial charge in [-0.2, -0.15) is 5.10 Å². The van der Waals surface area contributed by atoms with Crippen molar-refractivity contribution < 1.29 is 0 Å². The average molecular weight is 510 g/mol. The van der Waals surface area contributed by atoms with Crippen molar-refractivity contribution in [3.05, 3.63) is 132 Å². The van der Waals surface area contributed by atoms with Crippen LogP contribution in [0.5, 0.6) is 0 Å². The summed E-state index contributed by atoms with van der Waals surface area (Å²) in [5.41, 5.74) is 10.8. The Morgan fingerprint density at radius 2 is 1.97 bits per heavy atom. The second kappa shape index (κ2) is 10.9. The lowest BCUT2D eigenvalue weighted by atomic mass is 9.99. The zero-order chi connectivity index (χ0) is 26.6. The highest BCUT2D eigenvalue weighted by atomic mass is 15.1. The highest BCUT2D eigenvalue weighted by molar-refractivity contribution is 6.00. The number of nitrogens with zero attached hydrogens (tertiary/aromatic N) is 2. The largest absolute Gasteiger partial charge is 0.338 e. The molecule has 192 valence electrons. The highest BCUT2D eigenvalue weighted by Crippen LogP contribution is 2.34. The number of benzene rings is 2. The van der Waals surface area contributed by atoms with Gasteiger partial charge in [0.2, 0.25) is 0 Å². The number of hydrogen-bond acceptors (Lipinski definition) is 3. The molecule has 0 bridgehead atoms. The van der Waals surface area contributed by atoms with E-state index in [9.17, 15) is 0 Å². The molecule has 1 aliphatic carbocycles. The molecule has 0 saturated heterocycles. The molecule has 39 heavy (non-hydrogen) atoms. The summed E-state index contributed by atoms with van der Waals surface area (Å²) < 4.78 is 0. The van der Waals surface area contributed by atoms with Crippen LogP contribution in [0, 0.1) is 0 Å². The maximum atomic E-state index is 4.69. The smallest absolute Gasteiger partial charge is 0.138 e. The lowest BCUT2D eigenvalue weighted by Crippen LogP contribution is -2.15. The third-order valence-corrected chi connectivity index (χ3v) is 7.18. The van der Waals surface area contributed by atoms with Gasteiger partial charge in [-0.25, -0.2) is 4.98 Å². The SMILES string of the molecule is C=C/C(=C\C(=C/C)c1ccc2[nH]nc(-c3cc4c(C5=CCC=C5)ccnc4[nH]3)c2c1)CNCc1ccccc1. The van der Waals surface area contributed by atoms with Gasteiger partial charge in [0.1, 0.15) is 11.3 Å².